The van der Waals surface area contributed by atoms with Crippen LogP contribution in [0.1, 0.15) is 48.7 Å². The van der Waals surface area contributed by atoms with Crippen molar-refractivity contribution in [1.29, 1.82) is 0 Å². The van der Waals surface area contributed by atoms with Gasteiger partial charge in [-0.2, -0.15) is 0 Å². The van der Waals surface area contributed by atoms with Gasteiger partial charge in [-0.05, 0) is 30.2 Å². The maximum Gasteiger partial charge on any atom is 0.307 e. The van der Waals surface area contributed by atoms with Crippen LogP contribution in [0.4, 0.5) is 0 Å². The molecule has 2 rings (SSSR count). The normalized spacial score (nSPS) is 11.5. The van der Waals surface area contributed by atoms with Crippen LogP contribution < -0.4 is 10.6 Å². The van der Waals surface area contributed by atoms with Crippen molar-refractivity contribution in [2.24, 2.45) is 5.92 Å². The standard InChI is InChI=1S/C23H29N3O7/c1-2-3-4-7-18(13-26(32)15-27)22(30)24-14-25-23(31)20-10-9-19(33-20)17-8-5-6-16(11-17)12-21(28)29/h5-6,8-11,15,18,32H,2-4,7,12-14H2,1H3,(H,24,30)(H,25,31)(H,28,29)/t18-/m1/s1. The van der Waals surface area contributed by atoms with Gasteiger partial charge >= 0.3 is 5.97 Å². The molecule has 0 fully saturated rings. The van der Waals surface area contributed by atoms with Gasteiger partial charge in [0.2, 0.25) is 12.3 Å². The number of carboxylic acid groups (broad SMARTS) is 1. The Labute approximate surface area is 191 Å². The summed E-state index contributed by atoms with van der Waals surface area (Å²) in [5.74, 6) is -2.03. The summed E-state index contributed by atoms with van der Waals surface area (Å²) in [5.41, 5.74) is 1.24. The molecule has 1 heterocycles. The minimum atomic E-state index is -0.945. The van der Waals surface area contributed by atoms with E-state index < -0.39 is 17.8 Å². The van der Waals surface area contributed by atoms with Crippen LogP contribution in [0, 0.1) is 5.92 Å². The first-order chi connectivity index (χ1) is 15.8. The highest BCUT2D eigenvalue weighted by atomic mass is 16.5. The van der Waals surface area contributed by atoms with E-state index in [4.69, 9.17) is 9.52 Å². The predicted octanol–water partition coefficient (Wildman–Crippen LogP) is 2.42. The van der Waals surface area contributed by atoms with Crippen molar-refractivity contribution < 1.29 is 33.9 Å². The second-order valence-corrected chi connectivity index (χ2v) is 7.58. The molecule has 3 amide bonds. The second-order valence-electron chi connectivity index (χ2n) is 7.58. The molecule has 1 atom stereocenters. The van der Waals surface area contributed by atoms with E-state index >= 15 is 0 Å². The van der Waals surface area contributed by atoms with Crippen LogP contribution in [-0.4, -0.2) is 52.8 Å². The lowest BCUT2D eigenvalue weighted by Crippen LogP contribution is -2.42. The zero-order valence-electron chi connectivity index (χ0n) is 18.5. The number of rotatable bonds is 14. The first kappa shape index (κ1) is 25.6. The molecular formula is C23H29N3O7. The van der Waals surface area contributed by atoms with Gasteiger partial charge in [0.25, 0.3) is 5.91 Å². The Morgan fingerprint density at radius 3 is 2.64 bits per heavy atom. The molecule has 0 radical (unpaired) electrons. The zero-order chi connectivity index (χ0) is 24.2. The van der Waals surface area contributed by atoms with E-state index in [-0.39, 0.29) is 37.7 Å². The Hall–Kier alpha value is -3.66. The summed E-state index contributed by atoms with van der Waals surface area (Å²) < 4.78 is 5.58. The van der Waals surface area contributed by atoms with Gasteiger partial charge in [0, 0.05) is 5.56 Å². The van der Waals surface area contributed by atoms with Gasteiger partial charge < -0.3 is 20.2 Å². The summed E-state index contributed by atoms with van der Waals surface area (Å²) in [5, 5.41) is 23.9. The molecule has 1 aromatic heterocycles. The van der Waals surface area contributed by atoms with Gasteiger partial charge in [-0.25, -0.2) is 5.06 Å². The summed E-state index contributed by atoms with van der Waals surface area (Å²) in [7, 11) is 0. The molecular weight excluding hydrogens is 430 g/mol. The summed E-state index contributed by atoms with van der Waals surface area (Å²) in [4.78, 5) is 46.4. The molecule has 178 valence electrons. The predicted molar refractivity (Wildman–Crippen MR) is 118 cm³/mol. The monoisotopic (exact) mass is 459 g/mol. The molecule has 1 aromatic carbocycles. The number of benzene rings is 1. The Bertz CT molecular complexity index is 957. The van der Waals surface area contributed by atoms with E-state index in [0.29, 0.717) is 28.4 Å². The van der Waals surface area contributed by atoms with Crippen molar-refractivity contribution in [3.63, 3.8) is 0 Å². The number of aliphatic carboxylic acids is 1. The van der Waals surface area contributed by atoms with Gasteiger partial charge in [0.15, 0.2) is 5.76 Å². The molecule has 0 saturated heterocycles. The lowest BCUT2D eigenvalue weighted by molar-refractivity contribution is -0.154. The van der Waals surface area contributed by atoms with Gasteiger partial charge in [0.1, 0.15) is 5.76 Å². The number of furan rings is 1. The van der Waals surface area contributed by atoms with Gasteiger partial charge in [-0.15, -0.1) is 0 Å². The Morgan fingerprint density at radius 2 is 1.94 bits per heavy atom. The lowest BCUT2D eigenvalue weighted by atomic mass is 10.0. The van der Waals surface area contributed by atoms with Crippen LogP contribution in [0.2, 0.25) is 0 Å². The maximum atomic E-state index is 12.4. The first-order valence-electron chi connectivity index (χ1n) is 10.7. The number of amides is 3. The SMILES string of the molecule is CCCCC[C@H](CN(O)C=O)C(=O)NCNC(=O)c1ccc(-c2cccc(CC(=O)O)c2)o1. The van der Waals surface area contributed by atoms with E-state index in [1.165, 1.54) is 6.07 Å². The van der Waals surface area contributed by atoms with Crippen molar-refractivity contribution in [3.8, 4) is 11.3 Å². The van der Waals surface area contributed by atoms with Gasteiger partial charge in [-0.1, -0.05) is 44.4 Å². The third-order valence-electron chi connectivity index (χ3n) is 4.96. The van der Waals surface area contributed by atoms with Crippen molar-refractivity contribution in [2.45, 2.75) is 39.0 Å². The first-order valence-corrected chi connectivity index (χ1v) is 10.7. The number of nitrogens with zero attached hydrogens (tertiary/aromatic N) is 1. The molecule has 0 saturated carbocycles. The molecule has 4 N–H and O–H groups in total. The van der Waals surface area contributed by atoms with Crippen LogP contribution >= 0.6 is 0 Å². The molecule has 0 aliphatic rings. The fourth-order valence-corrected chi connectivity index (χ4v) is 3.28. The summed E-state index contributed by atoms with van der Waals surface area (Å²) in [6, 6.07) is 9.91. The zero-order valence-corrected chi connectivity index (χ0v) is 18.5. The Balaban J connectivity index is 1.91. The fourth-order valence-electron chi connectivity index (χ4n) is 3.28. The minimum absolute atomic E-state index is 0.0323. The lowest BCUT2D eigenvalue weighted by Gasteiger charge is -2.19. The Kier molecular flexibility index (Phi) is 10.1. The van der Waals surface area contributed by atoms with Crippen LogP contribution in [-0.2, 0) is 20.8 Å². The van der Waals surface area contributed by atoms with Crippen LogP contribution in [0.5, 0.6) is 0 Å². The molecule has 0 aliphatic carbocycles. The molecule has 10 nitrogen and oxygen atoms in total. The number of carbonyl (C=O) groups is 4. The van der Waals surface area contributed by atoms with Crippen LogP contribution in [0.15, 0.2) is 40.8 Å². The van der Waals surface area contributed by atoms with Crippen molar-refractivity contribution in [3.05, 3.63) is 47.7 Å². The highest BCUT2D eigenvalue weighted by Crippen LogP contribution is 2.23. The average molecular weight is 459 g/mol. The number of hydrogen-bond donors (Lipinski definition) is 4. The molecule has 10 heteroatoms. The van der Waals surface area contributed by atoms with Crippen molar-refractivity contribution in [2.75, 3.05) is 13.2 Å². The number of hydroxylamine groups is 2. The van der Waals surface area contributed by atoms with Gasteiger partial charge in [-0.3, -0.25) is 24.4 Å². The maximum absolute atomic E-state index is 12.4. The van der Waals surface area contributed by atoms with E-state index in [1.54, 1.807) is 30.3 Å². The van der Waals surface area contributed by atoms with Crippen molar-refractivity contribution in [1.82, 2.24) is 15.7 Å². The minimum Gasteiger partial charge on any atom is -0.481 e. The largest absolute Gasteiger partial charge is 0.481 e. The smallest absolute Gasteiger partial charge is 0.307 e. The fraction of sp³-hybridized carbons (Fsp3) is 0.391. The summed E-state index contributed by atoms with van der Waals surface area (Å²) in [6.07, 6.45) is 3.29. The molecule has 0 unspecified atom stereocenters. The second kappa shape index (κ2) is 13.0. The third-order valence-corrected chi connectivity index (χ3v) is 4.96. The molecule has 0 aliphatic heterocycles. The highest BCUT2D eigenvalue weighted by Gasteiger charge is 2.21. The number of carbonyl (C=O) groups excluding carboxylic acids is 3. The third kappa shape index (κ3) is 8.41. The molecule has 0 spiro atoms. The van der Waals surface area contributed by atoms with E-state index in [9.17, 15) is 24.4 Å². The number of nitrogens with one attached hydrogen (secondary N) is 2. The number of carboxylic acids is 1. The molecule has 0 bridgehead atoms. The van der Waals surface area contributed by atoms with Gasteiger partial charge in [0.05, 0.1) is 25.6 Å². The number of hydrogen-bond acceptors (Lipinski definition) is 6. The summed E-state index contributed by atoms with van der Waals surface area (Å²) >= 11 is 0. The van der Waals surface area contributed by atoms with E-state index in [1.807, 2.05) is 6.92 Å². The number of unbranched alkanes of at least 4 members (excludes halogenated alkanes) is 2. The van der Waals surface area contributed by atoms with E-state index in [0.717, 1.165) is 19.3 Å². The van der Waals surface area contributed by atoms with E-state index in [2.05, 4.69) is 10.6 Å². The van der Waals surface area contributed by atoms with Crippen LogP contribution in [0.25, 0.3) is 11.3 Å². The topological polar surface area (TPSA) is 149 Å². The average Bonchev–Trinajstić information content (AvgIpc) is 3.28. The van der Waals surface area contributed by atoms with Crippen LogP contribution in [0.3, 0.4) is 0 Å². The molecule has 2 aromatic rings. The van der Waals surface area contributed by atoms with Crippen molar-refractivity contribution >= 4 is 24.2 Å². The highest BCUT2D eigenvalue weighted by molar-refractivity contribution is 5.92. The molecule has 33 heavy (non-hydrogen) atoms. The summed E-state index contributed by atoms with van der Waals surface area (Å²) in [6.45, 7) is 1.75. The Morgan fingerprint density at radius 1 is 1.15 bits per heavy atom. The quantitative estimate of drug-likeness (QED) is 0.111.